The number of aromatic nitrogens is 2. The molecule has 0 spiro atoms. The maximum Gasteiger partial charge on any atom is 0.449 e. The molecule has 14 heteroatoms. The van der Waals surface area contributed by atoms with E-state index in [1.54, 1.807) is 0 Å². The van der Waals surface area contributed by atoms with Crippen molar-refractivity contribution in [2.24, 2.45) is 11.5 Å². The third kappa shape index (κ3) is 5.94. The topological polar surface area (TPSA) is 107 Å². The highest BCUT2D eigenvalue weighted by atomic mass is 35.5. The summed E-state index contributed by atoms with van der Waals surface area (Å²) in [5.41, 5.74) is 11.6. The van der Waals surface area contributed by atoms with Gasteiger partial charge in [-0.15, -0.1) is 12.4 Å². The molecular formula is C24H22ClF6N5O2. The Morgan fingerprint density at radius 1 is 1.00 bits per heavy atom. The molecule has 1 aliphatic rings. The molecule has 0 fully saturated rings. The number of alkyl halides is 3. The summed E-state index contributed by atoms with van der Waals surface area (Å²) >= 11 is 0. The van der Waals surface area contributed by atoms with Crippen LogP contribution in [-0.2, 0) is 30.5 Å². The lowest BCUT2D eigenvalue weighted by Crippen LogP contribution is -2.42. The number of carbonyl (C=O) groups is 2. The van der Waals surface area contributed by atoms with Gasteiger partial charge in [-0.25, -0.2) is 18.2 Å². The van der Waals surface area contributed by atoms with Gasteiger partial charge < -0.3 is 20.9 Å². The molecule has 38 heavy (non-hydrogen) atoms. The Labute approximate surface area is 218 Å². The zero-order chi connectivity index (χ0) is 27.1. The van der Waals surface area contributed by atoms with Crippen LogP contribution in [0, 0.1) is 17.5 Å². The van der Waals surface area contributed by atoms with Crippen molar-refractivity contribution >= 4 is 24.2 Å². The number of benzene rings is 2. The Hall–Kier alpha value is -3.58. The molecular weight excluding hydrogens is 540 g/mol. The van der Waals surface area contributed by atoms with Gasteiger partial charge in [0.2, 0.25) is 17.6 Å². The molecule has 0 bridgehead atoms. The summed E-state index contributed by atoms with van der Waals surface area (Å²) in [6.07, 6.45) is -5.30. The lowest BCUT2D eigenvalue weighted by molar-refractivity contribution is -0.148. The standard InChI is InChI=1S/C24H21F6N5O2.ClH/c25-16-10-18(27)17(26)8-14(16)7-15(31)9-20(36)34-5-6-35-19(11-34)21(33-23(35)24(28,29)30)12-1-3-13(4-2-12)22(32)37;/h1-4,8,10,15H,5-7,9,11,31H2,(H2,32,37);1H. The molecule has 204 valence electrons. The number of nitrogens with zero attached hydrogens (tertiary/aromatic N) is 3. The molecule has 3 aromatic rings. The largest absolute Gasteiger partial charge is 0.449 e. The highest BCUT2D eigenvalue weighted by Gasteiger charge is 2.40. The number of hydrogen-bond acceptors (Lipinski definition) is 4. The van der Waals surface area contributed by atoms with E-state index in [0.29, 0.717) is 17.7 Å². The number of imidazole rings is 1. The molecule has 0 saturated carbocycles. The van der Waals surface area contributed by atoms with Crippen molar-refractivity contribution in [3.8, 4) is 11.3 Å². The minimum Gasteiger partial charge on any atom is -0.366 e. The van der Waals surface area contributed by atoms with Crippen LogP contribution in [0.1, 0.15) is 33.9 Å². The number of fused-ring (bicyclic) bond motifs is 1. The molecule has 2 aromatic carbocycles. The van der Waals surface area contributed by atoms with Crippen LogP contribution in [0.5, 0.6) is 0 Å². The molecule has 1 atom stereocenters. The van der Waals surface area contributed by atoms with Crippen molar-refractivity contribution in [2.75, 3.05) is 6.54 Å². The predicted octanol–water partition coefficient (Wildman–Crippen LogP) is 3.81. The minimum absolute atomic E-state index is 0. The number of rotatable bonds is 6. The van der Waals surface area contributed by atoms with Crippen molar-refractivity contribution < 1.29 is 35.9 Å². The van der Waals surface area contributed by atoms with Crippen LogP contribution in [0.3, 0.4) is 0 Å². The number of nitrogens with two attached hydrogens (primary N) is 2. The number of hydrogen-bond donors (Lipinski definition) is 2. The zero-order valence-electron chi connectivity index (χ0n) is 19.6. The van der Waals surface area contributed by atoms with E-state index in [4.69, 9.17) is 11.5 Å². The molecule has 1 unspecified atom stereocenters. The van der Waals surface area contributed by atoms with Crippen molar-refractivity contribution in [3.63, 3.8) is 0 Å². The lowest BCUT2D eigenvalue weighted by atomic mass is 10.0. The Morgan fingerprint density at radius 3 is 2.24 bits per heavy atom. The van der Waals surface area contributed by atoms with E-state index < -0.39 is 47.3 Å². The summed E-state index contributed by atoms with van der Waals surface area (Å²) in [7, 11) is 0. The molecule has 4 N–H and O–H groups in total. The normalized spacial score (nSPS) is 14.0. The molecule has 7 nitrogen and oxygen atoms in total. The minimum atomic E-state index is -4.75. The van der Waals surface area contributed by atoms with Gasteiger partial charge >= 0.3 is 6.18 Å². The van der Waals surface area contributed by atoms with Crippen LogP contribution < -0.4 is 11.5 Å². The number of primary amides is 1. The summed E-state index contributed by atoms with van der Waals surface area (Å²) < 4.78 is 82.6. The van der Waals surface area contributed by atoms with Gasteiger partial charge in [-0.3, -0.25) is 9.59 Å². The van der Waals surface area contributed by atoms with E-state index in [9.17, 15) is 35.9 Å². The summed E-state index contributed by atoms with van der Waals surface area (Å²) in [6.45, 7) is -0.450. The quantitative estimate of drug-likeness (QED) is 0.352. The fourth-order valence-electron chi connectivity index (χ4n) is 4.25. The second-order valence-corrected chi connectivity index (χ2v) is 8.66. The molecule has 0 aliphatic carbocycles. The second kappa shape index (κ2) is 11.0. The Balaban J connectivity index is 0.00000400. The van der Waals surface area contributed by atoms with Crippen molar-refractivity contribution in [1.29, 1.82) is 0 Å². The summed E-state index contributed by atoms with van der Waals surface area (Å²) in [6, 6.07) is 5.65. The molecule has 1 aromatic heterocycles. The van der Waals surface area contributed by atoms with Gasteiger partial charge in [-0.2, -0.15) is 13.2 Å². The van der Waals surface area contributed by atoms with Crippen LogP contribution in [-0.4, -0.2) is 38.9 Å². The maximum absolute atomic E-state index is 13.9. The average Bonchev–Trinajstić information content (AvgIpc) is 3.22. The lowest BCUT2D eigenvalue weighted by Gasteiger charge is -2.30. The van der Waals surface area contributed by atoms with Gasteiger partial charge in [0.1, 0.15) is 5.82 Å². The first-order chi connectivity index (χ1) is 17.3. The third-order valence-electron chi connectivity index (χ3n) is 6.06. The van der Waals surface area contributed by atoms with Gasteiger partial charge in [-0.05, 0) is 30.2 Å². The van der Waals surface area contributed by atoms with Crippen molar-refractivity contribution in [3.05, 3.63) is 76.5 Å². The summed E-state index contributed by atoms with van der Waals surface area (Å²) in [5, 5.41) is 0. The fraction of sp³-hybridized carbons (Fsp3) is 0.292. The summed E-state index contributed by atoms with van der Waals surface area (Å²) in [5.74, 6) is -5.94. The van der Waals surface area contributed by atoms with Crippen LogP contribution in [0.25, 0.3) is 11.3 Å². The molecule has 0 saturated heterocycles. The van der Waals surface area contributed by atoms with E-state index in [2.05, 4.69) is 4.98 Å². The van der Waals surface area contributed by atoms with Crippen molar-refractivity contribution in [1.82, 2.24) is 14.5 Å². The Kier molecular flexibility index (Phi) is 8.42. The molecule has 4 rings (SSSR count). The predicted molar refractivity (Wildman–Crippen MR) is 126 cm³/mol. The molecule has 1 aliphatic heterocycles. The number of carbonyl (C=O) groups excluding carboxylic acids is 2. The zero-order valence-corrected chi connectivity index (χ0v) is 20.4. The first-order valence-corrected chi connectivity index (χ1v) is 11.1. The van der Waals surface area contributed by atoms with E-state index in [1.807, 2.05) is 0 Å². The van der Waals surface area contributed by atoms with Crippen molar-refractivity contribution in [2.45, 2.75) is 38.1 Å². The van der Waals surface area contributed by atoms with Gasteiger partial charge in [-0.1, -0.05) is 12.1 Å². The molecule has 0 radical (unpaired) electrons. The summed E-state index contributed by atoms with van der Waals surface area (Å²) in [4.78, 5) is 29.3. The highest BCUT2D eigenvalue weighted by Crippen LogP contribution is 2.36. The molecule has 2 heterocycles. The monoisotopic (exact) mass is 561 g/mol. The van der Waals surface area contributed by atoms with Crippen LogP contribution in [0.4, 0.5) is 26.3 Å². The highest BCUT2D eigenvalue weighted by molar-refractivity contribution is 5.93. The molecule has 2 amide bonds. The smallest absolute Gasteiger partial charge is 0.366 e. The first-order valence-electron chi connectivity index (χ1n) is 11.1. The maximum atomic E-state index is 13.9. The van der Waals surface area contributed by atoms with E-state index in [0.717, 1.165) is 4.57 Å². The van der Waals surface area contributed by atoms with E-state index >= 15 is 0 Å². The average molecular weight is 562 g/mol. The SMILES string of the molecule is Cl.NC(=O)c1ccc(-c2nc(C(F)(F)F)n3c2CN(C(=O)CC(N)Cc2cc(F)c(F)cc2F)CC3)cc1. The Bertz CT molecular complexity index is 1360. The van der Waals surface area contributed by atoms with Gasteiger partial charge in [0.25, 0.3) is 0 Å². The number of halogens is 7. The van der Waals surface area contributed by atoms with Gasteiger partial charge in [0.05, 0.1) is 17.9 Å². The second-order valence-electron chi connectivity index (χ2n) is 8.66. The number of amides is 2. The third-order valence-corrected chi connectivity index (χ3v) is 6.06. The van der Waals surface area contributed by atoms with Crippen LogP contribution >= 0.6 is 12.4 Å². The van der Waals surface area contributed by atoms with E-state index in [-0.39, 0.29) is 67.4 Å². The van der Waals surface area contributed by atoms with Crippen LogP contribution in [0.15, 0.2) is 36.4 Å². The first kappa shape index (κ1) is 29.0. The van der Waals surface area contributed by atoms with Crippen LogP contribution in [0.2, 0.25) is 0 Å². The van der Waals surface area contributed by atoms with Gasteiger partial charge in [0, 0.05) is 42.7 Å². The van der Waals surface area contributed by atoms with Gasteiger partial charge in [0.15, 0.2) is 11.6 Å². The fourth-order valence-corrected chi connectivity index (χ4v) is 4.25. The Morgan fingerprint density at radius 2 is 1.63 bits per heavy atom. The van der Waals surface area contributed by atoms with E-state index in [1.165, 1.54) is 29.2 Å².